The van der Waals surface area contributed by atoms with Crippen molar-refractivity contribution in [1.29, 1.82) is 0 Å². The average molecular weight is 369 g/mol. The lowest BCUT2D eigenvalue weighted by Gasteiger charge is -2.07. The first kappa shape index (κ1) is 16.3. The van der Waals surface area contributed by atoms with Crippen LogP contribution in [0.15, 0.2) is 27.6 Å². The van der Waals surface area contributed by atoms with Gasteiger partial charge < -0.3 is 5.11 Å². The molecule has 1 atom stereocenters. The van der Waals surface area contributed by atoms with E-state index in [0.29, 0.717) is 4.47 Å². The highest BCUT2D eigenvalue weighted by molar-refractivity contribution is 9.10. The summed E-state index contributed by atoms with van der Waals surface area (Å²) >= 11 is 3.17. The van der Waals surface area contributed by atoms with E-state index in [1.54, 1.807) is 0 Å². The highest BCUT2D eigenvalue weighted by Crippen LogP contribution is 2.20. The van der Waals surface area contributed by atoms with Crippen LogP contribution in [-0.2, 0) is 20.6 Å². The molecule has 0 aliphatic rings. The quantitative estimate of drug-likeness (QED) is 0.825. The molecule has 0 saturated heterocycles. The van der Waals surface area contributed by atoms with E-state index in [-0.39, 0.29) is 27.7 Å². The number of carboxylic acid groups (broad SMARTS) is 1. The molecule has 0 amide bonds. The van der Waals surface area contributed by atoms with Crippen molar-refractivity contribution in [3.8, 4) is 0 Å². The van der Waals surface area contributed by atoms with Gasteiger partial charge in [-0.1, -0.05) is 22.9 Å². The third-order valence-corrected chi connectivity index (χ3v) is 6.30. The van der Waals surface area contributed by atoms with Crippen molar-refractivity contribution in [3.05, 3.63) is 28.2 Å². The molecule has 0 aliphatic carbocycles. The monoisotopic (exact) mass is 368 g/mol. The van der Waals surface area contributed by atoms with Gasteiger partial charge in [-0.2, -0.15) is 0 Å². The number of benzene rings is 1. The van der Waals surface area contributed by atoms with Gasteiger partial charge in [0, 0.05) is 16.0 Å². The molecule has 0 bridgehead atoms. The number of rotatable bonds is 6. The minimum Gasteiger partial charge on any atom is -0.478 e. The van der Waals surface area contributed by atoms with Crippen LogP contribution in [0.3, 0.4) is 0 Å². The van der Waals surface area contributed by atoms with E-state index >= 15 is 0 Å². The SMILES string of the molecule is CCS(=O)(=O)CCS(=O)c1cc(Br)ccc1C(=O)O. The maximum Gasteiger partial charge on any atom is 0.336 e. The summed E-state index contributed by atoms with van der Waals surface area (Å²) in [7, 11) is -4.88. The number of aromatic carboxylic acids is 1. The predicted octanol–water partition coefficient (Wildman–Crippen LogP) is 1.69. The summed E-state index contributed by atoms with van der Waals surface area (Å²) in [5.41, 5.74) is -0.0737. The Bertz CT molecular complexity index is 610. The molecular formula is C11H13BrO5S2. The van der Waals surface area contributed by atoms with Crippen molar-refractivity contribution in [1.82, 2.24) is 0 Å². The third-order valence-electron chi connectivity index (χ3n) is 2.44. The molecule has 8 heteroatoms. The van der Waals surface area contributed by atoms with Crippen molar-refractivity contribution in [2.24, 2.45) is 0 Å². The number of carbonyl (C=O) groups is 1. The summed E-state index contributed by atoms with van der Waals surface area (Å²) in [6.07, 6.45) is 0. The fourth-order valence-corrected chi connectivity index (χ4v) is 4.62. The molecule has 0 saturated carbocycles. The molecule has 5 nitrogen and oxygen atoms in total. The van der Waals surface area contributed by atoms with Gasteiger partial charge in [-0.25, -0.2) is 13.2 Å². The topological polar surface area (TPSA) is 88.5 Å². The Kier molecular flexibility index (Phi) is 5.69. The van der Waals surface area contributed by atoms with E-state index in [0.717, 1.165) is 0 Å². The van der Waals surface area contributed by atoms with Crippen LogP contribution in [-0.4, -0.2) is 41.0 Å². The summed E-state index contributed by atoms with van der Waals surface area (Å²) < 4.78 is 35.4. The molecule has 1 aromatic rings. The molecule has 1 rings (SSSR count). The minimum atomic E-state index is -3.22. The van der Waals surface area contributed by atoms with E-state index in [2.05, 4.69) is 15.9 Å². The van der Waals surface area contributed by atoms with E-state index in [9.17, 15) is 17.4 Å². The van der Waals surface area contributed by atoms with Gasteiger partial charge in [-0.3, -0.25) is 4.21 Å². The van der Waals surface area contributed by atoms with Crippen molar-refractivity contribution in [3.63, 3.8) is 0 Å². The normalized spacial score (nSPS) is 13.2. The highest BCUT2D eigenvalue weighted by Gasteiger charge is 2.18. The number of sulfone groups is 1. The van der Waals surface area contributed by atoms with Gasteiger partial charge in [0.2, 0.25) is 0 Å². The first-order valence-electron chi connectivity index (χ1n) is 5.38. The summed E-state index contributed by atoms with van der Waals surface area (Å²) in [5.74, 6) is -1.53. The van der Waals surface area contributed by atoms with Crippen LogP contribution in [0.1, 0.15) is 17.3 Å². The highest BCUT2D eigenvalue weighted by atomic mass is 79.9. The van der Waals surface area contributed by atoms with Crippen LogP contribution in [0, 0.1) is 0 Å². The largest absolute Gasteiger partial charge is 0.478 e. The summed E-state index contributed by atoms with van der Waals surface area (Å²) in [4.78, 5) is 11.2. The Hall–Kier alpha value is -0.730. The molecule has 106 valence electrons. The summed E-state index contributed by atoms with van der Waals surface area (Å²) in [5, 5.41) is 9.01. The lowest BCUT2D eigenvalue weighted by Crippen LogP contribution is -2.16. The van der Waals surface area contributed by atoms with E-state index in [1.807, 2.05) is 0 Å². The Labute approximate surface area is 122 Å². The zero-order valence-corrected chi connectivity index (χ0v) is 13.3. The molecule has 0 spiro atoms. The number of hydrogen-bond donors (Lipinski definition) is 1. The van der Waals surface area contributed by atoms with Crippen LogP contribution < -0.4 is 0 Å². The fourth-order valence-electron chi connectivity index (χ4n) is 1.32. The van der Waals surface area contributed by atoms with Gasteiger partial charge in [-0.05, 0) is 18.2 Å². The van der Waals surface area contributed by atoms with Crippen LogP contribution in [0.4, 0.5) is 0 Å². The summed E-state index contributed by atoms with van der Waals surface area (Å²) in [6, 6.07) is 4.32. The second-order valence-corrected chi connectivity index (χ2v) is 8.66. The van der Waals surface area contributed by atoms with Crippen molar-refractivity contribution < 1.29 is 22.5 Å². The first-order chi connectivity index (χ1) is 8.76. The summed E-state index contributed by atoms with van der Waals surface area (Å²) in [6.45, 7) is 1.51. The molecule has 1 unspecified atom stereocenters. The van der Waals surface area contributed by atoms with Crippen LogP contribution in [0.5, 0.6) is 0 Å². The second kappa shape index (κ2) is 6.62. The van der Waals surface area contributed by atoms with Crippen LogP contribution in [0.2, 0.25) is 0 Å². The zero-order chi connectivity index (χ0) is 14.6. The third kappa shape index (κ3) is 4.70. The number of hydrogen-bond acceptors (Lipinski definition) is 4. The fraction of sp³-hybridized carbons (Fsp3) is 0.364. The van der Waals surface area contributed by atoms with Gasteiger partial charge in [0.25, 0.3) is 0 Å². The predicted molar refractivity (Wildman–Crippen MR) is 76.7 cm³/mol. The Morgan fingerprint density at radius 3 is 2.58 bits per heavy atom. The second-order valence-electron chi connectivity index (χ2n) is 3.73. The molecule has 1 N–H and O–H groups in total. The zero-order valence-electron chi connectivity index (χ0n) is 10.1. The molecule has 0 aromatic heterocycles. The van der Waals surface area contributed by atoms with E-state index < -0.39 is 26.6 Å². The average Bonchev–Trinajstić information content (AvgIpc) is 2.35. The first-order valence-corrected chi connectivity index (χ1v) is 9.32. The molecular weight excluding hydrogens is 356 g/mol. The van der Waals surface area contributed by atoms with Crippen molar-refractivity contribution in [2.75, 3.05) is 17.3 Å². The number of halogens is 1. The number of carboxylic acids is 1. The van der Waals surface area contributed by atoms with Gasteiger partial charge in [0.15, 0.2) is 9.84 Å². The standard InChI is InChI=1S/C11H13BrO5S2/c1-2-19(16,17)6-5-18(15)10-7-8(12)3-4-9(10)11(13)14/h3-4,7H,2,5-6H2,1H3,(H,13,14). The van der Waals surface area contributed by atoms with Gasteiger partial charge >= 0.3 is 5.97 Å². The Morgan fingerprint density at radius 2 is 2.05 bits per heavy atom. The molecule has 0 radical (unpaired) electrons. The van der Waals surface area contributed by atoms with E-state index in [4.69, 9.17) is 5.11 Å². The van der Waals surface area contributed by atoms with Gasteiger partial charge in [0.05, 0.1) is 27.0 Å². The van der Waals surface area contributed by atoms with Crippen molar-refractivity contribution >= 4 is 42.5 Å². The Balaban J connectivity index is 3.00. The molecule has 0 heterocycles. The van der Waals surface area contributed by atoms with Crippen LogP contribution in [0.25, 0.3) is 0 Å². The van der Waals surface area contributed by atoms with Gasteiger partial charge in [0.1, 0.15) is 0 Å². The lowest BCUT2D eigenvalue weighted by atomic mass is 10.2. The maximum absolute atomic E-state index is 12.0. The van der Waals surface area contributed by atoms with Gasteiger partial charge in [-0.15, -0.1) is 0 Å². The lowest BCUT2D eigenvalue weighted by molar-refractivity contribution is 0.0693. The Morgan fingerprint density at radius 1 is 1.42 bits per heavy atom. The maximum atomic E-state index is 12.0. The van der Waals surface area contributed by atoms with E-state index in [1.165, 1.54) is 25.1 Å². The minimum absolute atomic E-state index is 0.0194. The van der Waals surface area contributed by atoms with Crippen LogP contribution >= 0.6 is 15.9 Å². The molecule has 0 fully saturated rings. The molecule has 19 heavy (non-hydrogen) atoms. The smallest absolute Gasteiger partial charge is 0.336 e. The van der Waals surface area contributed by atoms with Crippen molar-refractivity contribution in [2.45, 2.75) is 11.8 Å². The molecule has 0 aliphatic heterocycles. The molecule has 1 aromatic carbocycles.